The van der Waals surface area contributed by atoms with Gasteiger partial charge in [0.15, 0.2) is 0 Å². The van der Waals surface area contributed by atoms with Gasteiger partial charge in [-0.2, -0.15) is 0 Å². The first-order chi connectivity index (χ1) is 9.86. The Morgan fingerprint density at radius 2 is 2.10 bits per heavy atom. The minimum absolute atomic E-state index is 0.0869. The zero-order chi connectivity index (χ0) is 15.8. The van der Waals surface area contributed by atoms with Crippen LogP contribution in [0.2, 0.25) is 0 Å². The third kappa shape index (κ3) is 7.45. The van der Waals surface area contributed by atoms with E-state index >= 15 is 0 Å². The second-order valence-electron chi connectivity index (χ2n) is 4.84. The first kappa shape index (κ1) is 17.2. The van der Waals surface area contributed by atoms with Gasteiger partial charge in [-0.25, -0.2) is 4.79 Å². The first-order valence-electron chi connectivity index (χ1n) is 6.55. The lowest BCUT2D eigenvalue weighted by Crippen LogP contribution is -2.36. The number of aliphatic carboxylic acids is 1. The lowest BCUT2D eigenvalue weighted by Gasteiger charge is -2.14. The van der Waals surface area contributed by atoms with E-state index in [9.17, 15) is 13.8 Å². The third-order valence-electron chi connectivity index (χ3n) is 2.76. The zero-order valence-corrected chi connectivity index (χ0v) is 12.9. The van der Waals surface area contributed by atoms with Gasteiger partial charge in [0, 0.05) is 34.5 Å². The molecule has 6 nitrogen and oxygen atoms in total. The van der Waals surface area contributed by atoms with Crippen LogP contribution in [0.5, 0.6) is 0 Å². The van der Waals surface area contributed by atoms with Gasteiger partial charge < -0.3 is 15.7 Å². The topological polar surface area (TPSA) is 95.5 Å². The standard InChI is InChI=1S/C14H20N2O4S/c1-10(6-7-21(2)20)15-14(19)16-12-5-3-4-11(8-12)9-13(17)18/h3-5,8,10H,6-7,9H2,1-2H3,(H,17,18)(H2,15,16,19). The Bertz CT molecular complexity index is 533. The van der Waals surface area contributed by atoms with Gasteiger partial charge >= 0.3 is 12.0 Å². The molecule has 1 aromatic carbocycles. The molecule has 0 aliphatic heterocycles. The molecule has 2 amide bonds. The minimum atomic E-state index is -0.919. The Morgan fingerprint density at radius 3 is 2.71 bits per heavy atom. The molecule has 0 saturated carbocycles. The van der Waals surface area contributed by atoms with E-state index in [1.54, 1.807) is 30.5 Å². The summed E-state index contributed by atoms with van der Waals surface area (Å²) in [5, 5.41) is 14.1. The average molecular weight is 312 g/mol. The number of amides is 2. The molecular weight excluding hydrogens is 292 g/mol. The van der Waals surface area contributed by atoms with Crippen molar-refractivity contribution in [3.05, 3.63) is 29.8 Å². The Hall–Kier alpha value is -1.89. The van der Waals surface area contributed by atoms with Gasteiger partial charge in [-0.15, -0.1) is 0 Å². The van der Waals surface area contributed by atoms with Crippen LogP contribution in [0.25, 0.3) is 0 Å². The van der Waals surface area contributed by atoms with E-state index in [4.69, 9.17) is 5.11 Å². The third-order valence-corrected chi connectivity index (χ3v) is 3.57. The van der Waals surface area contributed by atoms with Crippen molar-refractivity contribution in [1.82, 2.24) is 5.32 Å². The predicted octanol–water partition coefficient (Wildman–Crippen LogP) is 1.59. The monoisotopic (exact) mass is 312 g/mol. The number of carbonyl (C=O) groups is 2. The molecule has 1 rings (SSSR count). The van der Waals surface area contributed by atoms with Gasteiger partial charge in [-0.1, -0.05) is 12.1 Å². The van der Waals surface area contributed by atoms with Gasteiger partial charge in [-0.3, -0.25) is 9.00 Å². The Morgan fingerprint density at radius 1 is 1.38 bits per heavy atom. The molecular formula is C14H20N2O4S. The number of urea groups is 1. The van der Waals surface area contributed by atoms with E-state index in [-0.39, 0.29) is 18.5 Å². The van der Waals surface area contributed by atoms with Gasteiger partial charge in [0.25, 0.3) is 0 Å². The highest BCUT2D eigenvalue weighted by atomic mass is 32.2. The van der Waals surface area contributed by atoms with Crippen molar-refractivity contribution in [3.63, 3.8) is 0 Å². The smallest absolute Gasteiger partial charge is 0.319 e. The van der Waals surface area contributed by atoms with Crippen LogP contribution >= 0.6 is 0 Å². The molecule has 2 unspecified atom stereocenters. The minimum Gasteiger partial charge on any atom is -0.481 e. The van der Waals surface area contributed by atoms with Crippen LogP contribution in [0.4, 0.5) is 10.5 Å². The molecule has 0 spiro atoms. The van der Waals surface area contributed by atoms with Gasteiger partial charge in [-0.05, 0) is 31.0 Å². The summed E-state index contributed by atoms with van der Waals surface area (Å²) in [4.78, 5) is 22.4. The number of carbonyl (C=O) groups excluding carboxylic acids is 1. The largest absolute Gasteiger partial charge is 0.481 e. The average Bonchev–Trinajstić information content (AvgIpc) is 2.35. The molecule has 0 aliphatic rings. The maximum Gasteiger partial charge on any atom is 0.319 e. The molecule has 2 atom stereocenters. The SMILES string of the molecule is CC(CCS(C)=O)NC(=O)Nc1cccc(CC(=O)O)c1. The summed E-state index contributed by atoms with van der Waals surface area (Å²) >= 11 is 0. The molecule has 3 N–H and O–H groups in total. The predicted molar refractivity (Wildman–Crippen MR) is 82.9 cm³/mol. The summed E-state index contributed by atoms with van der Waals surface area (Å²) in [5.74, 6) is -0.381. The maximum absolute atomic E-state index is 11.8. The van der Waals surface area contributed by atoms with Crippen LogP contribution in [0, 0.1) is 0 Å². The van der Waals surface area contributed by atoms with Crippen molar-refractivity contribution in [2.24, 2.45) is 0 Å². The van der Waals surface area contributed by atoms with Crippen molar-refractivity contribution in [1.29, 1.82) is 0 Å². The summed E-state index contributed by atoms with van der Waals surface area (Å²) in [6, 6.07) is 6.25. The lowest BCUT2D eigenvalue weighted by molar-refractivity contribution is -0.136. The van der Waals surface area contributed by atoms with E-state index < -0.39 is 16.8 Å². The van der Waals surface area contributed by atoms with Crippen molar-refractivity contribution in [3.8, 4) is 0 Å². The molecule has 0 radical (unpaired) electrons. The molecule has 0 fully saturated rings. The van der Waals surface area contributed by atoms with Gasteiger partial charge in [0.05, 0.1) is 6.42 Å². The van der Waals surface area contributed by atoms with Crippen LogP contribution in [-0.2, 0) is 22.0 Å². The molecule has 7 heteroatoms. The highest BCUT2D eigenvalue weighted by Crippen LogP contribution is 2.11. The molecule has 0 aromatic heterocycles. The summed E-state index contributed by atoms with van der Waals surface area (Å²) in [6.07, 6.45) is 2.17. The van der Waals surface area contributed by atoms with Gasteiger partial charge in [0.1, 0.15) is 0 Å². The number of carboxylic acid groups (broad SMARTS) is 1. The van der Waals surface area contributed by atoms with Crippen molar-refractivity contribution < 1.29 is 18.9 Å². The number of hydrogen-bond acceptors (Lipinski definition) is 3. The molecule has 1 aromatic rings. The number of rotatable bonds is 7. The van der Waals surface area contributed by atoms with Crippen molar-refractivity contribution >= 4 is 28.5 Å². The molecule has 21 heavy (non-hydrogen) atoms. The molecule has 0 bridgehead atoms. The number of anilines is 1. The van der Waals surface area contributed by atoms with E-state index in [0.29, 0.717) is 23.4 Å². The fourth-order valence-corrected chi connectivity index (χ4v) is 2.43. The molecule has 0 aliphatic carbocycles. The van der Waals surface area contributed by atoms with Crippen LogP contribution in [0.3, 0.4) is 0 Å². The summed E-state index contributed by atoms with van der Waals surface area (Å²) in [5.41, 5.74) is 1.16. The second-order valence-corrected chi connectivity index (χ2v) is 6.39. The maximum atomic E-state index is 11.8. The van der Waals surface area contributed by atoms with Gasteiger partial charge in [0.2, 0.25) is 0 Å². The number of benzene rings is 1. The quantitative estimate of drug-likeness (QED) is 0.712. The van der Waals surface area contributed by atoms with Crippen LogP contribution in [0.15, 0.2) is 24.3 Å². The summed E-state index contributed by atoms with van der Waals surface area (Å²) < 4.78 is 11.0. The summed E-state index contributed by atoms with van der Waals surface area (Å²) in [6.45, 7) is 1.84. The number of nitrogens with one attached hydrogen (secondary N) is 2. The van der Waals surface area contributed by atoms with Crippen LogP contribution in [0.1, 0.15) is 18.9 Å². The second kappa shape index (κ2) is 8.41. The highest BCUT2D eigenvalue weighted by molar-refractivity contribution is 7.84. The molecule has 116 valence electrons. The Labute approximate surface area is 126 Å². The van der Waals surface area contributed by atoms with E-state index in [0.717, 1.165) is 0 Å². The van der Waals surface area contributed by atoms with Crippen LogP contribution in [-0.4, -0.2) is 39.4 Å². The lowest BCUT2D eigenvalue weighted by atomic mass is 10.1. The van der Waals surface area contributed by atoms with E-state index in [1.165, 1.54) is 0 Å². The fraction of sp³-hybridized carbons (Fsp3) is 0.429. The van der Waals surface area contributed by atoms with Crippen LogP contribution < -0.4 is 10.6 Å². The normalized spacial score (nSPS) is 13.2. The number of hydrogen-bond donors (Lipinski definition) is 3. The van der Waals surface area contributed by atoms with E-state index in [2.05, 4.69) is 10.6 Å². The number of carboxylic acids is 1. The first-order valence-corrected chi connectivity index (χ1v) is 8.28. The fourth-order valence-electron chi connectivity index (χ4n) is 1.74. The summed E-state index contributed by atoms with van der Waals surface area (Å²) in [7, 11) is -0.875. The van der Waals surface area contributed by atoms with Crippen molar-refractivity contribution in [2.45, 2.75) is 25.8 Å². The zero-order valence-electron chi connectivity index (χ0n) is 12.1. The molecule has 0 heterocycles. The molecule has 0 saturated heterocycles. The van der Waals surface area contributed by atoms with Crippen molar-refractivity contribution in [2.75, 3.05) is 17.3 Å². The van der Waals surface area contributed by atoms with E-state index in [1.807, 2.05) is 6.92 Å². The Kier molecular flexibility index (Phi) is 6.87. The highest BCUT2D eigenvalue weighted by Gasteiger charge is 2.09. The Balaban J connectivity index is 2.50.